The van der Waals surface area contributed by atoms with Crippen molar-refractivity contribution in [2.24, 2.45) is 11.8 Å². The van der Waals surface area contributed by atoms with Gasteiger partial charge in [0.2, 0.25) is 11.8 Å². The number of rotatable bonds is 4. The molecule has 0 N–H and O–H groups in total. The van der Waals surface area contributed by atoms with Crippen LogP contribution in [0.3, 0.4) is 0 Å². The first kappa shape index (κ1) is 18.9. The minimum Gasteiger partial charge on any atom is -0.497 e. The molecule has 2 aromatic carbocycles. The summed E-state index contributed by atoms with van der Waals surface area (Å²) in [6.45, 7) is 0.679. The molecule has 0 radical (unpaired) electrons. The van der Waals surface area contributed by atoms with Gasteiger partial charge in [-0.15, -0.1) is 0 Å². The van der Waals surface area contributed by atoms with Gasteiger partial charge >= 0.3 is 0 Å². The van der Waals surface area contributed by atoms with Crippen LogP contribution in [-0.4, -0.2) is 48.2 Å². The Bertz CT molecular complexity index is 1020. The molecular formula is C23H21FN2O4. The molecule has 3 heterocycles. The third-order valence-electron chi connectivity index (χ3n) is 6.58. The first-order valence-corrected chi connectivity index (χ1v) is 10.1. The summed E-state index contributed by atoms with van der Waals surface area (Å²) in [6.07, 6.45) is 1.66. The minimum atomic E-state index is -0.720. The van der Waals surface area contributed by atoms with Gasteiger partial charge in [0.1, 0.15) is 11.6 Å². The third kappa shape index (κ3) is 2.69. The Morgan fingerprint density at radius 2 is 1.67 bits per heavy atom. The Morgan fingerprint density at radius 1 is 1.00 bits per heavy atom. The van der Waals surface area contributed by atoms with Gasteiger partial charge in [-0.3, -0.25) is 19.3 Å². The number of halogens is 1. The Hall–Kier alpha value is -3.06. The number of nitrogens with zero attached hydrogens (tertiary/aromatic N) is 2. The number of hydrogen-bond donors (Lipinski definition) is 0. The number of fused-ring (bicyclic) bond motifs is 3. The summed E-state index contributed by atoms with van der Waals surface area (Å²) in [5.74, 6) is -1.87. The number of imide groups is 1. The van der Waals surface area contributed by atoms with Crippen molar-refractivity contribution in [2.45, 2.75) is 24.9 Å². The van der Waals surface area contributed by atoms with Crippen LogP contribution < -0.4 is 9.64 Å². The largest absolute Gasteiger partial charge is 0.497 e. The molecule has 3 aliphatic heterocycles. The summed E-state index contributed by atoms with van der Waals surface area (Å²) in [5.41, 5.74) is 0.841. The second-order valence-corrected chi connectivity index (χ2v) is 8.02. The predicted molar refractivity (Wildman–Crippen MR) is 107 cm³/mol. The summed E-state index contributed by atoms with van der Waals surface area (Å²) in [6, 6.07) is 11.3. The van der Waals surface area contributed by atoms with Crippen molar-refractivity contribution in [3.8, 4) is 5.75 Å². The molecule has 0 bridgehead atoms. The van der Waals surface area contributed by atoms with Gasteiger partial charge in [0.05, 0.1) is 30.7 Å². The van der Waals surface area contributed by atoms with Crippen molar-refractivity contribution in [2.75, 3.05) is 18.6 Å². The van der Waals surface area contributed by atoms with Gasteiger partial charge in [-0.05, 0) is 67.9 Å². The standard InChI is InChI=1S/C23H21FN2O4/c1-30-16-10-8-15(9-11-16)26-22(28)18-17-3-2-12-25(17)20(19(18)23(26)29)21(27)13-4-6-14(24)7-5-13/h4-11,17-20H,2-3,12H2,1H3/t17-,18+,19+,20+/m1/s1. The zero-order valence-electron chi connectivity index (χ0n) is 16.5. The smallest absolute Gasteiger partial charge is 0.239 e. The first-order valence-electron chi connectivity index (χ1n) is 10.1. The SMILES string of the molecule is COc1ccc(N2C(=O)[C@@H]3[C@H](C2=O)[C@@H](C(=O)c2ccc(F)cc2)N2CCC[C@H]32)cc1. The molecular weight excluding hydrogens is 387 g/mol. The molecule has 154 valence electrons. The summed E-state index contributed by atoms with van der Waals surface area (Å²) in [5, 5.41) is 0. The van der Waals surface area contributed by atoms with Crippen LogP contribution in [0.2, 0.25) is 0 Å². The quantitative estimate of drug-likeness (QED) is 0.575. The maximum absolute atomic E-state index is 13.4. The van der Waals surface area contributed by atoms with E-state index in [1.807, 2.05) is 4.90 Å². The second kappa shape index (κ2) is 7.02. The van der Waals surface area contributed by atoms with Crippen molar-refractivity contribution in [1.29, 1.82) is 0 Å². The van der Waals surface area contributed by atoms with E-state index in [4.69, 9.17) is 4.74 Å². The molecule has 2 amide bonds. The lowest BCUT2D eigenvalue weighted by atomic mass is 9.85. The van der Waals surface area contributed by atoms with Crippen LogP contribution in [0.15, 0.2) is 48.5 Å². The lowest BCUT2D eigenvalue weighted by molar-refractivity contribution is -0.123. The highest BCUT2D eigenvalue weighted by atomic mass is 19.1. The fraction of sp³-hybridized carbons (Fsp3) is 0.348. The number of methoxy groups -OCH3 is 1. The van der Waals surface area contributed by atoms with E-state index in [2.05, 4.69) is 0 Å². The van der Waals surface area contributed by atoms with E-state index in [1.165, 1.54) is 29.2 Å². The number of carbonyl (C=O) groups excluding carboxylic acids is 3. The second-order valence-electron chi connectivity index (χ2n) is 8.02. The molecule has 0 unspecified atom stereocenters. The molecule has 3 aliphatic rings. The van der Waals surface area contributed by atoms with Gasteiger partial charge < -0.3 is 4.74 Å². The molecule has 5 rings (SSSR count). The van der Waals surface area contributed by atoms with Crippen molar-refractivity contribution in [1.82, 2.24) is 4.90 Å². The number of anilines is 1. The van der Waals surface area contributed by atoms with E-state index in [0.717, 1.165) is 12.8 Å². The number of ether oxygens (including phenoxy) is 1. The van der Waals surface area contributed by atoms with Crippen LogP contribution in [0.1, 0.15) is 23.2 Å². The highest BCUT2D eigenvalue weighted by Gasteiger charge is 2.64. The van der Waals surface area contributed by atoms with Gasteiger partial charge in [0.25, 0.3) is 0 Å². The maximum atomic E-state index is 13.4. The first-order chi connectivity index (χ1) is 14.5. The van der Waals surface area contributed by atoms with Crippen molar-refractivity contribution in [3.05, 3.63) is 59.9 Å². The van der Waals surface area contributed by atoms with Crippen LogP contribution in [0.4, 0.5) is 10.1 Å². The fourth-order valence-corrected chi connectivity index (χ4v) is 5.29. The average Bonchev–Trinajstić information content (AvgIpc) is 3.40. The number of hydrogen-bond acceptors (Lipinski definition) is 5. The molecule has 6 nitrogen and oxygen atoms in total. The van der Waals surface area contributed by atoms with Crippen LogP contribution in [-0.2, 0) is 9.59 Å². The third-order valence-corrected chi connectivity index (χ3v) is 6.58. The average molecular weight is 408 g/mol. The molecule has 0 spiro atoms. The topological polar surface area (TPSA) is 66.9 Å². The molecule has 3 fully saturated rings. The Balaban J connectivity index is 1.52. The number of amides is 2. The lowest BCUT2D eigenvalue weighted by Crippen LogP contribution is -2.46. The minimum absolute atomic E-state index is 0.121. The zero-order chi connectivity index (χ0) is 21.0. The van der Waals surface area contributed by atoms with Gasteiger partial charge in [-0.25, -0.2) is 9.29 Å². The Morgan fingerprint density at radius 3 is 2.33 bits per heavy atom. The van der Waals surface area contributed by atoms with Crippen LogP contribution >= 0.6 is 0 Å². The normalized spacial score (nSPS) is 28.0. The van der Waals surface area contributed by atoms with Crippen molar-refractivity contribution >= 4 is 23.3 Å². The predicted octanol–water partition coefficient (Wildman–Crippen LogP) is 2.67. The van der Waals surface area contributed by atoms with Crippen LogP contribution in [0, 0.1) is 17.7 Å². The van der Waals surface area contributed by atoms with E-state index in [1.54, 1.807) is 31.4 Å². The Kier molecular flexibility index (Phi) is 4.43. The van der Waals surface area contributed by atoms with Crippen molar-refractivity contribution < 1.29 is 23.5 Å². The fourth-order valence-electron chi connectivity index (χ4n) is 5.29. The Labute approximate surface area is 173 Å². The molecule has 0 aromatic heterocycles. The lowest BCUT2D eigenvalue weighted by Gasteiger charge is -2.27. The summed E-state index contributed by atoms with van der Waals surface area (Å²) in [4.78, 5) is 43.3. The highest BCUT2D eigenvalue weighted by Crippen LogP contribution is 2.48. The van der Waals surface area contributed by atoms with E-state index in [9.17, 15) is 18.8 Å². The molecule has 7 heteroatoms. The summed E-state index contributed by atoms with van der Waals surface area (Å²) < 4.78 is 18.5. The molecule has 4 atom stereocenters. The van der Waals surface area contributed by atoms with E-state index >= 15 is 0 Å². The van der Waals surface area contributed by atoms with Gasteiger partial charge in [0.15, 0.2) is 5.78 Å². The molecule has 0 saturated carbocycles. The van der Waals surface area contributed by atoms with E-state index in [0.29, 0.717) is 23.5 Å². The monoisotopic (exact) mass is 408 g/mol. The van der Waals surface area contributed by atoms with Crippen LogP contribution in [0.25, 0.3) is 0 Å². The molecule has 3 saturated heterocycles. The van der Waals surface area contributed by atoms with Gasteiger partial charge in [-0.2, -0.15) is 0 Å². The van der Waals surface area contributed by atoms with E-state index in [-0.39, 0.29) is 23.6 Å². The van der Waals surface area contributed by atoms with Gasteiger partial charge in [-0.1, -0.05) is 0 Å². The highest BCUT2D eigenvalue weighted by molar-refractivity contribution is 6.24. The van der Waals surface area contributed by atoms with Crippen molar-refractivity contribution in [3.63, 3.8) is 0 Å². The van der Waals surface area contributed by atoms with Gasteiger partial charge in [0, 0.05) is 11.6 Å². The van der Waals surface area contributed by atoms with E-state index < -0.39 is 23.7 Å². The number of carbonyl (C=O) groups is 3. The summed E-state index contributed by atoms with van der Waals surface area (Å²) in [7, 11) is 1.55. The molecule has 30 heavy (non-hydrogen) atoms. The number of Topliss-reactive ketones (excluding diaryl/α,β-unsaturated/α-hetero) is 1. The van der Waals surface area contributed by atoms with Crippen LogP contribution in [0.5, 0.6) is 5.75 Å². The number of benzene rings is 2. The number of ketones is 1. The maximum Gasteiger partial charge on any atom is 0.239 e. The summed E-state index contributed by atoms with van der Waals surface area (Å²) >= 11 is 0. The molecule has 0 aliphatic carbocycles. The molecule has 2 aromatic rings. The zero-order valence-corrected chi connectivity index (χ0v) is 16.5.